The number of benzene rings is 1. The topological polar surface area (TPSA) is 41.5 Å². The van der Waals surface area contributed by atoms with Crippen LogP contribution in [0.15, 0.2) is 12.1 Å². The lowest BCUT2D eigenvalue weighted by molar-refractivity contribution is 0.268. The average molecular weight is 258 g/mol. The second-order valence-electron chi connectivity index (χ2n) is 3.93. The van der Waals surface area contributed by atoms with Gasteiger partial charge in [0.2, 0.25) is 0 Å². The summed E-state index contributed by atoms with van der Waals surface area (Å²) in [6, 6.07) is 3.98. The van der Waals surface area contributed by atoms with Gasteiger partial charge in [-0.05, 0) is 50.6 Å². The van der Waals surface area contributed by atoms with E-state index >= 15 is 0 Å². The lowest BCUT2D eigenvalue weighted by atomic mass is 9.99. The standard InChI is InChI=1S/C13H20ClNO2/c1-4-17-13-7-9(2)10(8-11(13)14)12(15-3)5-6-16/h7-8,12,15-16H,4-6H2,1-3H3. The fraction of sp³-hybridized carbons (Fsp3) is 0.538. The maximum Gasteiger partial charge on any atom is 0.138 e. The fourth-order valence-corrected chi connectivity index (χ4v) is 2.12. The highest BCUT2D eigenvalue weighted by atomic mass is 35.5. The van der Waals surface area contributed by atoms with Crippen LogP contribution in [0.25, 0.3) is 0 Å². The van der Waals surface area contributed by atoms with Gasteiger partial charge in [-0.2, -0.15) is 0 Å². The highest BCUT2D eigenvalue weighted by Gasteiger charge is 2.14. The quantitative estimate of drug-likeness (QED) is 0.823. The predicted molar refractivity (Wildman–Crippen MR) is 70.9 cm³/mol. The van der Waals surface area contributed by atoms with Gasteiger partial charge in [0.05, 0.1) is 11.6 Å². The van der Waals surface area contributed by atoms with Crippen molar-refractivity contribution in [2.45, 2.75) is 26.3 Å². The highest BCUT2D eigenvalue weighted by molar-refractivity contribution is 6.32. The molecule has 0 heterocycles. The number of halogens is 1. The minimum atomic E-state index is 0.119. The van der Waals surface area contributed by atoms with Gasteiger partial charge in [-0.1, -0.05) is 11.6 Å². The Hall–Kier alpha value is -0.770. The van der Waals surface area contributed by atoms with Gasteiger partial charge in [0, 0.05) is 12.6 Å². The van der Waals surface area contributed by atoms with E-state index in [2.05, 4.69) is 5.32 Å². The first kappa shape index (κ1) is 14.3. The Bertz CT molecular complexity index is 369. The van der Waals surface area contributed by atoms with Crippen molar-refractivity contribution >= 4 is 11.6 Å². The van der Waals surface area contributed by atoms with Gasteiger partial charge in [-0.15, -0.1) is 0 Å². The Balaban J connectivity index is 3.04. The first-order valence-electron chi connectivity index (χ1n) is 5.85. The molecule has 0 fully saturated rings. The molecule has 3 nitrogen and oxygen atoms in total. The number of aliphatic hydroxyl groups excluding tert-OH is 1. The maximum absolute atomic E-state index is 9.03. The van der Waals surface area contributed by atoms with Gasteiger partial charge >= 0.3 is 0 Å². The van der Waals surface area contributed by atoms with E-state index in [0.717, 1.165) is 11.1 Å². The molecule has 2 N–H and O–H groups in total. The number of ether oxygens (including phenoxy) is 1. The van der Waals surface area contributed by atoms with Gasteiger partial charge in [-0.3, -0.25) is 0 Å². The molecular formula is C13H20ClNO2. The van der Waals surface area contributed by atoms with Crippen LogP contribution >= 0.6 is 11.6 Å². The summed E-state index contributed by atoms with van der Waals surface area (Å²) in [6.07, 6.45) is 0.668. The van der Waals surface area contributed by atoms with Crippen LogP contribution in [-0.4, -0.2) is 25.4 Å². The maximum atomic E-state index is 9.03. The zero-order valence-electron chi connectivity index (χ0n) is 10.6. The summed E-state index contributed by atoms with van der Waals surface area (Å²) in [4.78, 5) is 0. The predicted octanol–water partition coefficient (Wildman–Crippen LogP) is 2.69. The van der Waals surface area contributed by atoms with E-state index < -0.39 is 0 Å². The van der Waals surface area contributed by atoms with Crippen LogP contribution < -0.4 is 10.1 Å². The molecule has 0 aromatic heterocycles. The highest BCUT2D eigenvalue weighted by Crippen LogP contribution is 2.31. The van der Waals surface area contributed by atoms with E-state index in [9.17, 15) is 0 Å². The van der Waals surface area contributed by atoms with Crippen LogP contribution in [0.4, 0.5) is 0 Å². The second kappa shape index (κ2) is 6.84. The molecule has 0 saturated heterocycles. The van der Waals surface area contributed by atoms with Crippen molar-refractivity contribution in [1.82, 2.24) is 5.32 Å². The van der Waals surface area contributed by atoms with Crippen LogP contribution in [0.3, 0.4) is 0 Å². The molecular weight excluding hydrogens is 238 g/mol. The number of aliphatic hydroxyl groups is 1. The first-order chi connectivity index (χ1) is 8.13. The van der Waals surface area contributed by atoms with Crippen LogP contribution in [0, 0.1) is 6.92 Å². The zero-order chi connectivity index (χ0) is 12.8. The van der Waals surface area contributed by atoms with Crippen molar-refractivity contribution in [2.24, 2.45) is 0 Å². The van der Waals surface area contributed by atoms with Gasteiger partial charge in [0.25, 0.3) is 0 Å². The molecule has 17 heavy (non-hydrogen) atoms. The summed E-state index contributed by atoms with van der Waals surface area (Å²) >= 11 is 6.17. The zero-order valence-corrected chi connectivity index (χ0v) is 11.3. The Labute approximate surface area is 108 Å². The minimum Gasteiger partial charge on any atom is -0.492 e. The molecule has 0 bridgehead atoms. The van der Waals surface area contributed by atoms with Crippen LogP contribution in [0.1, 0.15) is 30.5 Å². The van der Waals surface area contributed by atoms with Gasteiger partial charge in [-0.25, -0.2) is 0 Å². The average Bonchev–Trinajstić information content (AvgIpc) is 2.31. The summed E-state index contributed by atoms with van der Waals surface area (Å²) < 4.78 is 5.44. The molecule has 1 aromatic carbocycles. The molecule has 0 aliphatic carbocycles. The molecule has 4 heteroatoms. The molecule has 1 unspecified atom stereocenters. The fourth-order valence-electron chi connectivity index (χ4n) is 1.90. The molecule has 0 saturated carbocycles. The van der Waals surface area contributed by atoms with Gasteiger partial charge < -0.3 is 15.2 Å². The van der Waals surface area contributed by atoms with Crippen LogP contribution in [0.5, 0.6) is 5.75 Å². The first-order valence-corrected chi connectivity index (χ1v) is 6.22. The molecule has 1 atom stereocenters. The van der Waals surface area contributed by atoms with Crippen molar-refractivity contribution < 1.29 is 9.84 Å². The summed E-state index contributed by atoms with van der Waals surface area (Å²) in [5, 5.41) is 12.8. The van der Waals surface area contributed by atoms with E-state index in [0.29, 0.717) is 23.8 Å². The third kappa shape index (κ3) is 3.60. The lowest BCUT2D eigenvalue weighted by Crippen LogP contribution is -2.18. The van der Waals surface area contributed by atoms with Crippen molar-refractivity contribution in [3.05, 3.63) is 28.3 Å². The molecule has 0 amide bonds. The molecule has 1 rings (SSSR count). The summed E-state index contributed by atoms with van der Waals surface area (Å²) in [5.41, 5.74) is 2.22. The van der Waals surface area contributed by atoms with E-state index in [1.165, 1.54) is 0 Å². The largest absolute Gasteiger partial charge is 0.492 e. The molecule has 0 aliphatic rings. The molecule has 96 valence electrons. The number of nitrogens with one attached hydrogen (secondary N) is 1. The second-order valence-corrected chi connectivity index (χ2v) is 4.33. The van der Waals surface area contributed by atoms with Crippen LogP contribution in [-0.2, 0) is 0 Å². The lowest BCUT2D eigenvalue weighted by Gasteiger charge is -2.19. The van der Waals surface area contributed by atoms with E-state index in [1.807, 2.05) is 33.0 Å². The molecule has 0 spiro atoms. The van der Waals surface area contributed by atoms with E-state index in [-0.39, 0.29) is 12.6 Å². The third-order valence-corrected chi connectivity index (χ3v) is 3.06. The Kier molecular flexibility index (Phi) is 5.75. The van der Waals surface area contributed by atoms with Gasteiger partial charge in [0.1, 0.15) is 5.75 Å². The number of aryl methyl sites for hydroxylation is 1. The molecule has 0 aliphatic heterocycles. The minimum absolute atomic E-state index is 0.119. The van der Waals surface area contributed by atoms with Gasteiger partial charge in [0.15, 0.2) is 0 Å². The normalized spacial score (nSPS) is 12.5. The Morgan fingerprint density at radius 1 is 1.47 bits per heavy atom. The molecule has 1 aromatic rings. The van der Waals surface area contributed by atoms with Crippen molar-refractivity contribution in [3.63, 3.8) is 0 Å². The van der Waals surface area contributed by atoms with E-state index in [4.69, 9.17) is 21.4 Å². The number of rotatable bonds is 6. The summed E-state index contributed by atoms with van der Waals surface area (Å²) in [6.45, 7) is 4.71. The van der Waals surface area contributed by atoms with Crippen molar-refractivity contribution in [1.29, 1.82) is 0 Å². The number of hydrogen-bond donors (Lipinski definition) is 2. The Morgan fingerprint density at radius 2 is 2.18 bits per heavy atom. The smallest absolute Gasteiger partial charge is 0.138 e. The van der Waals surface area contributed by atoms with E-state index in [1.54, 1.807) is 0 Å². The molecule has 0 radical (unpaired) electrons. The number of hydrogen-bond acceptors (Lipinski definition) is 3. The summed E-state index contributed by atoms with van der Waals surface area (Å²) in [7, 11) is 1.88. The van der Waals surface area contributed by atoms with Crippen LogP contribution in [0.2, 0.25) is 5.02 Å². The SMILES string of the molecule is CCOc1cc(C)c(C(CCO)NC)cc1Cl. The Morgan fingerprint density at radius 3 is 2.71 bits per heavy atom. The summed E-state index contributed by atoms with van der Waals surface area (Å²) in [5.74, 6) is 0.717. The van der Waals surface area contributed by atoms with Crippen molar-refractivity contribution in [2.75, 3.05) is 20.3 Å². The third-order valence-electron chi connectivity index (χ3n) is 2.76. The monoisotopic (exact) mass is 257 g/mol. The van der Waals surface area contributed by atoms with Crippen molar-refractivity contribution in [3.8, 4) is 5.75 Å².